The maximum Gasteiger partial charge on any atom is 0.240 e. The van der Waals surface area contributed by atoms with E-state index in [2.05, 4.69) is 25.6 Å². The molecule has 0 saturated carbocycles. The average Bonchev–Trinajstić information content (AvgIpc) is 3.23. The largest absolute Gasteiger partial charge is 0.383 e. The maximum atomic E-state index is 12.3. The fourth-order valence-corrected chi connectivity index (χ4v) is 4.00. The number of anilines is 1. The Kier molecular flexibility index (Phi) is 6.87. The van der Waals surface area contributed by atoms with Crippen LogP contribution in [0.5, 0.6) is 0 Å². The van der Waals surface area contributed by atoms with Gasteiger partial charge in [0.2, 0.25) is 15.9 Å². The van der Waals surface area contributed by atoms with E-state index >= 15 is 0 Å². The van der Waals surface area contributed by atoms with Gasteiger partial charge >= 0.3 is 0 Å². The Hall–Kier alpha value is -3.15. The van der Waals surface area contributed by atoms with Crippen LogP contribution >= 0.6 is 0 Å². The second kappa shape index (κ2) is 9.57. The number of hydrogen-bond acceptors (Lipinski definition) is 7. The highest BCUT2D eigenvalue weighted by Gasteiger charge is 2.17. The van der Waals surface area contributed by atoms with Crippen molar-refractivity contribution in [2.45, 2.75) is 24.3 Å². The van der Waals surface area contributed by atoms with Gasteiger partial charge in [-0.2, -0.15) is 0 Å². The van der Waals surface area contributed by atoms with Crippen LogP contribution in [0, 0.1) is 0 Å². The summed E-state index contributed by atoms with van der Waals surface area (Å²) >= 11 is 0. The first-order valence-electron chi connectivity index (χ1n) is 9.11. The van der Waals surface area contributed by atoms with Crippen molar-refractivity contribution in [1.82, 2.24) is 24.9 Å². The summed E-state index contributed by atoms with van der Waals surface area (Å²) in [5.74, 6) is -0.215. The van der Waals surface area contributed by atoms with E-state index < -0.39 is 10.0 Å². The second-order valence-corrected chi connectivity index (χ2v) is 8.36. The van der Waals surface area contributed by atoms with Crippen LogP contribution < -0.4 is 10.0 Å². The molecule has 1 atom stereocenters. The van der Waals surface area contributed by atoms with Crippen molar-refractivity contribution in [3.05, 3.63) is 60.4 Å². The summed E-state index contributed by atoms with van der Waals surface area (Å²) in [6.45, 7) is 1.98. The van der Waals surface area contributed by atoms with E-state index in [4.69, 9.17) is 4.74 Å². The number of carbonyl (C=O) groups excluding carboxylic acids is 1. The third kappa shape index (κ3) is 5.69. The third-order valence-electron chi connectivity index (χ3n) is 4.14. The molecule has 1 amide bonds. The standard InChI is InChI=1S/C19H22N6O4S/c1-14(12-29-2)22-30(27,28)18-9-5-16(6-10-18)21-19(26)11-15-3-7-17(8-4-15)25-13-20-23-24-25/h3-10,13-14,22H,11-12H2,1-2H3,(H,21,26). The number of tetrazole rings is 1. The SMILES string of the molecule is COCC(C)NS(=O)(=O)c1ccc(NC(=O)Cc2ccc(-n3cnnn3)cc2)cc1. The number of benzene rings is 2. The fourth-order valence-electron chi connectivity index (χ4n) is 2.77. The van der Waals surface area contributed by atoms with Gasteiger partial charge in [0.15, 0.2) is 0 Å². The van der Waals surface area contributed by atoms with E-state index in [9.17, 15) is 13.2 Å². The lowest BCUT2D eigenvalue weighted by Crippen LogP contribution is -2.35. The van der Waals surface area contributed by atoms with Crippen LogP contribution in [0.1, 0.15) is 12.5 Å². The quantitative estimate of drug-likeness (QED) is 0.521. The first-order chi connectivity index (χ1) is 14.4. The van der Waals surface area contributed by atoms with Crippen molar-refractivity contribution in [2.24, 2.45) is 0 Å². The Labute approximate surface area is 174 Å². The van der Waals surface area contributed by atoms with E-state index in [-0.39, 0.29) is 29.9 Å². The normalized spacial score (nSPS) is 12.5. The van der Waals surface area contributed by atoms with Crippen molar-refractivity contribution in [1.29, 1.82) is 0 Å². The van der Waals surface area contributed by atoms with E-state index in [0.717, 1.165) is 11.3 Å². The molecule has 3 aromatic rings. The molecule has 1 aromatic heterocycles. The van der Waals surface area contributed by atoms with Crippen LogP contribution in [0.3, 0.4) is 0 Å². The van der Waals surface area contributed by atoms with Gasteiger partial charge in [-0.25, -0.2) is 17.8 Å². The van der Waals surface area contributed by atoms with E-state index in [1.807, 2.05) is 24.3 Å². The van der Waals surface area contributed by atoms with Crippen molar-refractivity contribution in [2.75, 3.05) is 19.0 Å². The van der Waals surface area contributed by atoms with Crippen LogP contribution in [0.15, 0.2) is 59.8 Å². The zero-order valence-corrected chi connectivity index (χ0v) is 17.3. The van der Waals surface area contributed by atoms with E-state index in [1.54, 1.807) is 19.1 Å². The summed E-state index contributed by atoms with van der Waals surface area (Å²) in [5, 5.41) is 13.7. The molecule has 0 aliphatic rings. The summed E-state index contributed by atoms with van der Waals surface area (Å²) in [6.07, 6.45) is 1.66. The highest BCUT2D eigenvalue weighted by Crippen LogP contribution is 2.15. The minimum Gasteiger partial charge on any atom is -0.383 e. The molecular weight excluding hydrogens is 408 g/mol. The van der Waals surface area contributed by atoms with Crippen molar-refractivity contribution in [3.8, 4) is 5.69 Å². The predicted octanol–water partition coefficient (Wildman–Crippen LogP) is 1.16. The third-order valence-corrected chi connectivity index (χ3v) is 5.74. The molecule has 3 rings (SSSR count). The first kappa shape index (κ1) is 21.6. The zero-order chi connectivity index (χ0) is 21.6. The number of ether oxygens (including phenoxy) is 1. The molecule has 158 valence electrons. The van der Waals surface area contributed by atoms with Gasteiger partial charge in [0, 0.05) is 18.8 Å². The van der Waals surface area contributed by atoms with Crippen molar-refractivity contribution >= 4 is 21.6 Å². The number of rotatable bonds is 9. The van der Waals surface area contributed by atoms with Gasteiger partial charge in [-0.3, -0.25) is 4.79 Å². The molecule has 0 spiro atoms. The minimum absolute atomic E-state index is 0.113. The van der Waals surface area contributed by atoms with Crippen LogP contribution in [0.25, 0.3) is 5.69 Å². The number of sulfonamides is 1. The first-order valence-corrected chi connectivity index (χ1v) is 10.6. The number of methoxy groups -OCH3 is 1. The number of amides is 1. The summed E-state index contributed by atoms with van der Waals surface area (Å²) < 4.78 is 33.7. The molecule has 11 heteroatoms. The Morgan fingerprint density at radius 1 is 1.13 bits per heavy atom. The number of carbonyl (C=O) groups is 1. The number of nitrogens with zero attached hydrogens (tertiary/aromatic N) is 4. The van der Waals surface area contributed by atoms with Gasteiger partial charge < -0.3 is 10.1 Å². The fraction of sp³-hybridized carbons (Fsp3) is 0.263. The predicted molar refractivity (Wildman–Crippen MR) is 110 cm³/mol. The molecular formula is C19H22N6O4S. The van der Waals surface area contributed by atoms with Crippen LogP contribution in [-0.4, -0.2) is 54.3 Å². The summed E-state index contributed by atoms with van der Waals surface area (Å²) in [7, 11) is -2.15. The molecule has 30 heavy (non-hydrogen) atoms. The minimum atomic E-state index is -3.66. The Bertz CT molecular complexity index is 1070. The molecule has 2 aromatic carbocycles. The van der Waals surface area contributed by atoms with Gasteiger partial charge in [0.05, 0.1) is 23.6 Å². The van der Waals surface area contributed by atoms with Crippen molar-refractivity contribution < 1.29 is 17.9 Å². The van der Waals surface area contributed by atoms with Gasteiger partial charge in [-0.05, 0) is 59.3 Å². The Morgan fingerprint density at radius 2 is 1.83 bits per heavy atom. The molecule has 10 nitrogen and oxygen atoms in total. The smallest absolute Gasteiger partial charge is 0.240 e. The van der Waals surface area contributed by atoms with E-state index in [1.165, 1.54) is 30.3 Å². The molecule has 0 aliphatic carbocycles. The van der Waals surface area contributed by atoms with Crippen molar-refractivity contribution in [3.63, 3.8) is 0 Å². The molecule has 0 aliphatic heterocycles. The molecule has 0 saturated heterocycles. The molecule has 1 unspecified atom stereocenters. The average molecular weight is 430 g/mol. The maximum absolute atomic E-state index is 12.3. The molecule has 0 radical (unpaired) electrons. The number of nitrogens with one attached hydrogen (secondary N) is 2. The highest BCUT2D eigenvalue weighted by atomic mass is 32.2. The highest BCUT2D eigenvalue weighted by molar-refractivity contribution is 7.89. The van der Waals surface area contributed by atoms with Gasteiger partial charge in [-0.1, -0.05) is 12.1 Å². The lowest BCUT2D eigenvalue weighted by molar-refractivity contribution is -0.115. The van der Waals surface area contributed by atoms with Crippen LogP contribution in [0.4, 0.5) is 5.69 Å². The number of aromatic nitrogens is 4. The molecule has 2 N–H and O–H groups in total. The van der Waals surface area contributed by atoms with Crippen LogP contribution in [-0.2, 0) is 26.0 Å². The summed E-state index contributed by atoms with van der Waals surface area (Å²) in [4.78, 5) is 12.4. The van der Waals surface area contributed by atoms with E-state index in [0.29, 0.717) is 5.69 Å². The molecule has 0 bridgehead atoms. The summed E-state index contributed by atoms with van der Waals surface area (Å²) in [5.41, 5.74) is 2.11. The van der Waals surface area contributed by atoms with Gasteiger partial charge in [-0.15, -0.1) is 5.10 Å². The second-order valence-electron chi connectivity index (χ2n) is 6.65. The van der Waals surface area contributed by atoms with Gasteiger partial charge in [0.1, 0.15) is 6.33 Å². The Balaban J connectivity index is 1.58. The zero-order valence-electron chi connectivity index (χ0n) is 16.5. The number of hydrogen-bond donors (Lipinski definition) is 2. The molecule has 1 heterocycles. The molecule has 0 fully saturated rings. The van der Waals surface area contributed by atoms with Gasteiger partial charge in [0.25, 0.3) is 0 Å². The lowest BCUT2D eigenvalue weighted by atomic mass is 10.1. The summed E-state index contributed by atoms with van der Waals surface area (Å²) in [6, 6.07) is 12.9. The Morgan fingerprint density at radius 3 is 2.43 bits per heavy atom. The van der Waals surface area contributed by atoms with Crippen LogP contribution in [0.2, 0.25) is 0 Å². The monoisotopic (exact) mass is 430 g/mol. The topological polar surface area (TPSA) is 128 Å². The lowest BCUT2D eigenvalue weighted by Gasteiger charge is -2.13.